The van der Waals surface area contributed by atoms with Gasteiger partial charge in [0.05, 0.1) is 30.7 Å². The van der Waals surface area contributed by atoms with Crippen molar-refractivity contribution in [1.82, 2.24) is 10.2 Å². The number of carboxylic acid groups (broad SMARTS) is 1. The smallest absolute Gasteiger partial charge is 0.414 e. The molecule has 0 saturated heterocycles. The molecule has 0 aromatic heterocycles. The van der Waals surface area contributed by atoms with Gasteiger partial charge in [0.2, 0.25) is 11.9 Å². The Kier molecular flexibility index (Phi) is 9.45. The average Bonchev–Trinajstić information content (AvgIpc) is 2.76. The van der Waals surface area contributed by atoms with E-state index in [4.69, 9.17) is 14.5 Å². The molecule has 1 aliphatic rings. The van der Waals surface area contributed by atoms with Crippen LogP contribution >= 0.6 is 0 Å². The number of amides is 2. The van der Waals surface area contributed by atoms with Gasteiger partial charge < -0.3 is 14.6 Å². The van der Waals surface area contributed by atoms with Crippen molar-refractivity contribution >= 4 is 23.9 Å². The Labute approximate surface area is 207 Å². The molecule has 192 valence electrons. The third-order valence-electron chi connectivity index (χ3n) is 5.64. The third kappa shape index (κ3) is 7.83. The Bertz CT molecular complexity index is 982. The highest BCUT2D eigenvalue weighted by Crippen LogP contribution is 2.33. The molecule has 1 atom stereocenters. The second-order valence-corrected chi connectivity index (χ2v) is 9.54. The molecule has 1 aliphatic heterocycles. The number of carbonyl (C=O) groups excluding carboxylic acids is 2. The summed E-state index contributed by atoms with van der Waals surface area (Å²) >= 11 is 0. The molecule has 0 spiro atoms. The number of ether oxygens (including phenoxy) is 2. The molecule has 1 heterocycles. The lowest BCUT2D eigenvalue weighted by molar-refractivity contribution is -0.130. The third-order valence-corrected chi connectivity index (χ3v) is 5.64. The van der Waals surface area contributed by atoms with Gasteiger partial charge in [-0.25, -0.2) is 14.6 Å². The van der Waals surface area contributed by atoms with Gasteiger partial charge in [-0.05, 0) is 71.6 Å². The van der Waals surface area contributed by atoms with Crippen molar-refractivity contribution in [2.75, 3.05) is 6.61 Å². The molecule has 1 aromatic rings. The normalized spacial score (nSPS) is 18.0. The minimum absolute atomic E-state index is 0.0175. The van der Waals surface area contributed by atoms with E-state index in [-0.39, 0.29) is 30.4 Å². The molecule has 0 radical (unpaired) electrons. The van der Waals surface area contributed by atoms with Crippen molar-refractivity contribution < 1.29 is 29.0 Å². The molecule has 0 bridgehead atoms. The number of hydrogen-bond donors (Lipinski definition) is 2. The molecule has 0 unspecified atom stereocenters. The van der Waals surface area contributed by atoms with Gasteiger partial charge in [-0.1, -0.05) is 13.0 Å². The summed E-state index contributed by atoms with van der Waals surface area (Å²) in [5, 5.41) is 12.1. The lowest BCUT2D eigenvalue weighted by Crippen LogP contribution is -2.54. The van der Waals surface area contributed by atoms with Gasteiger partial charge >= 0.3 is 12.1 Å². The lowest BCUT2D eigenvalue weighted by Gasteiger charge is -2.38. The van der Waals surface area contributed by atoms with Crippen molar-refractivity contribution in [2.24, 2.45) is 4.99 Å². The molecule has 0 fully saturated rings. The van der Waals surface area contributed by atoms with Crippen molar-refractivity contribution in [2.45, 2.75) is 84.4 Å². The lowest BCUT2D eigenvalue weighted by atomic mass is 9.85. The Hall–Kier alpha value is -3.36. The number of guanidine groups is 1. The molecule has 1 aromatic carbocycles. The molecule has 9 heteroatoms. The number of nitrogens with one attached hydrogen (secondary N) is 1. The highest BCUT2D eigenvalue weighted by Gasteiger charge is 2.40. The minimum atomic E-state index is -1.09. The zero-order valence-electron chi connectivity index (χ0n) is 21.3. The van der Waals surface area contributed by atoms with Crippen LogP contribution in [0.15, 0.2) is 35.8 Å². The first-order chi connectivity index (χ1) is 16.4. The monoisotopic (exact) mass is 487 g/mol. The van der Waals surface area contributed by atoms with Gasteiger partial charge in [0.15, 0.2) is 0 Å². The zero-order chi connectivity index (χ0) is 26.2. The van der Waals surface area contributed by atoms with Crippen molar-refractivity contribution in [3.05, 3.63) is 42.0 Å². The van der Waals surface area contributed by atoms with E-state index in [2.05, 4.69) is 11.9 Å². The van der Waals surface area contributed by atoms with Gasteiger partial charge in [-0.15, -0.1) is 6.58 Å². The average molecular weight is 488 g/mol. The summed E-state index contributed by atoms with van der Waals surface area (Å²) in [7, 11) is 0. The molecule has 2 amide bonds. The van der Waals surface area contributed by atoms with Crippen molar-refractivity contribution in [1.29, 1.82) is 0 Å². The number of nitrogens with zero attached hydrogens (tertiary/aromatic N) is 2. The van der Waals surface area contributed by atoms with Gasteiger partial charge in [-0.2, -0.15) is 0 Å². The summed E-state index contributed by atoms with van der Waals surface area (Å²) in [6, 6.07) is 4.49. The van der Waals surface area contributed by atoms with E-state index in [0.717, 1.165) is 12.8 Å². The molecule has 0 aliphatic carbocycles. The summed E-state index contributed by atoms with van der Waals surface area (Å²) in [5.74, 6) is -0.777. The maximum Gasteiger partial charge on any atom is 0.414 e. The molecule has 35 heavy (non-hydrogen) atoms. The van der Waals surface area contributed by atoms with Gasteiger partial charge in [0.25, 0.3) is 0 Å². The van der Waals surface area contributed by atoms with Gasteiger partial charge in [0, 0.05) is 5.56 Å². The van der Waals surface area contributed by atoms with Crippen LogP contribution in [-0.2, 0) is 16.1 Å². The SMILES string of the molecule is C=CCCC[C@]1(CC)CC(=O)N(Cc2cc(C(=O)O)ccc2OCC)C(NC(=O)OC(C)(C)C)=N1. The number of alkyl carbamates (subject to hydrolysis) is 1. The first kappa shape index (κ1) is 27.9. The largest absolute Gasteiger partial charge is 0.494 e. The topological polar surface area (TPSA) is 118 Å². The number of aromatic carboxylic acids is 1. The van der Waals surface area contributed by atoms with Crippen molar-refractivity contribution in [3.63, 3.8) is 0 Å². The van der Waals surface area contributed by atoms with Crippen LogP contribution in [0.4, 0.5) is 4.79 Å². The standard InChI is InChI=1S/C26H37N3O6/c1-7-10-11-14-26(8-2)16-21(30)29(23(28-26)27-24(33)35-25(4,5)6)17-19-15-18(22(31)32)12-13-20(19)34-9-3/h7,12-13,15H,1,8-11,14,16-17H2,2-6H3,(H,31,32)(H,27,28,33)/t26-/m1/s1. The molecule has 0 saturated carbocycles. The second-order valence-electron chi connectivity index (χ2n) is 9.54. The number of hydrogen-bond acceptors (Lipinski definition) is 6. The Morgan fingerprint density at radius 3 is 2.60 bits per heavy atom. The number of carbonyl (C=O) groups is 3. The van der Waals surface area contributed by atoms with E-state index in [9.17, 15) is 19.5 Å². The highest BCUT2D eigenvalue weighted by atomic mass is 16.6. The number of unbranched alkanes of at least 4 members (excludes halogenated alkanes) is 1. The quantitative estimate of drug-likeness (QED) is 0.358. The predicted octanol–water partition coefficient (Wildman–Crippen LogP) is 4.90. The number of aliphatic imine (C=N–C) groups is 1. The number of benzene rings is 1. The maximum absolute atomic E-state index is 13.4. The van der Waals surface area contributed by atoms with Crippen LogP contribution in [0.3, 0.4) is 0 Å². The van der Waals surface area contributed by atoms with E-state index >= 15 is 0 Å². The van der Waals surface area contributed by atoms with Crippen LogP contribution < -0.4 is 10.1 Å². The van der Waals surface area contributed by atoms with Crippen LogP contribution in [0.25, 0.3) is 0 Å². The molecule has 9 nitrogen and oxygen atoms in total. The molecule has 2 N–H and O–H groups in total. The second kappa shape index (κ2) is 11.9. The number of carboxylic acids is 1. The first-order valence-electron chi connectivity index (χ1n) is 11.9. The molecular formula is C26H37N3O6. The fourth-order valence-corrected chi connectivity index (χ4v) is 3.88. The van der Waals surface area contributed by atoms with Gasteiger partial charge in [0.1, 0.15) is 11.4 Å². The van der Waals surface area contributed by atoms with Crippen LogP contribution in [0.5, 0.6) is 5.75 Å². The Morgan fingerprint density at radius 1 is 1.31 bits per heavy atom. The van der Waals surface area contributed by atoms with E-state index in [1.54, 1.807) is 26.8 Å². The van der Waals surface area contributed by atoms with Crippen molar-refractivity contribution in [3.8, 4) is 5.75 Å². The van der Waals surface area contributed by atoms with E-state index in [1.165, 1.54) is 17.0 Å². The number of rotatable bonds is 10. The maximum atomic E-state index is 13.4. The van der Waals surface area contributed by atoms with Crippen LogP contribution in [0.2, 0.25) is 0 Å². The van der Waals surface area contributed by atoms with Crippen LogP contribution in [-0.4, -0.2) is 51.7 Å². The summed E-state index contributed by atoms with van der Waals surface area (Å²) in [6.07, 6.45) is 4.15. The Morgan fingerprint density at radius 2 is 2.03 bits per heavy atom. The summed E-state index contributed by atoms with van der Waals surface area (Å²) in [4.78, 5) is 43.8. The summed E-state index contributed by atoms with van der Waals surface area (Å²) in [6.45, 7) is 13.1. The highest BCUT2D eigenvalue weighted by molar-refractivity contribution is 6.05. The Balaban J connectivity index is 2.49. The van der Waals surface area contributed by atoms with E-state index in [1.807, 2.05) is 19.9 Å². The summed E-state index contributed by atoms with van der Waals surface area (Å²) < 4.78 is 11.1. The van der Waals surface area contributed by atoms with Crippen LogP contribution in [0.1, 0.15) is 82.6 Å². The zero-order valence-corrected chi connectivity index (χ0v) is 21.3. The van der Waals surface area contributed by atoms with Gasteiger partial charge in [-0.3, -0.25) is 15.0 Å². The molecular weight excluding hydrogens is 450 g/mol. The minimum Gasteiger partial charge on any atom is -0.494 e. The number of allylic oxidation sites excluding steroid dienone is 1. The van der Waals surface area contributed by atoms with E-state index in [0.29, 0.717) is 30.8 Å². The fourth-order valence-electron chi connectivity index (χ4n) is 3.88. The van der Waals surface area contributed by atoms with Crippen LogP contribution in [0, 0.1) is 0 Å². The predicted molar refractivity (Wildman–Crippen MR) is 134 cm³/mol. The fraction of sp³-hybridized carbons (Fsp3) is 0.538. The summed E-state index contributed by atoms with van der Waals surface area (Å²) in [5.41, 5.74) is -0.835. The molecule has 2 rings (SSSR count). The first-order valence-corrected chi connectivity index (χ1v) is 11.9. The van der Waals surface area contributed by atoms with E-state index < -0.39 is 23.2 Å².